The number of thioether (sulfide) groups is 1. The number of imide groups is 1. The molecule has 0 aromatic heterocycles. The Kier molecular flexibility index (Phi) is 7.05. The highest BCUT2D eigenvalue weighted by Gasteiger charge is 2.36. The van der Waals surface area contributed by atoms with Gasteiger partial charge >= 0.3 is 0 Å². The molecule has 5 rings (SSSR count). The lowest BCUT2D eigenvalue weighted by atomic mass is 10.1. The van der Waals surface area contributed by atoms with E-state index in [9.17, 15) is 14.4 Å². The second kappa shape index (κ2) is 10.7. The molecule has 37 heavy (non-hydrogen) atoms. The van der Waals surface area contributed by atoms with Crippen molar-refractivity contribution >= 4 is 51.4 Å². The quantitative estimate of drug-likeness (QED) is 0.292. The summed E-state index contributed by atoms with van der Waals surface area (Å²) in [4.78, 5) is 38.9. The van der Waals surface area contributed by atoms with Gasteiger partial charge in [-0.1, -0.05) is 66.7 Å². The predicted molar refractivity (Wildman–Crippen MR) is 147 cm³/mol. The van der Waals surface area contributed by atoms with Gasteiger partial charge in [-0.3, -0.25) is 19.3 Å². The van der Waals surface area contributed by atoms with Crippen LogP contribution < -0.4 is 10.1 Å². The van der Waals surface area contributed by atoms with Crippen LogP contribution in [0.4, 0.5) is 10.5 Å². The van der Waals surface area contributed by atoms with Crippen LogP contribution in [0, 0.1) is 6.92 Å². The first kappa shape index (κ1) is 24.3. The number of hydrogen-bond acceptors (Lipinski definition) is 5. The number of ether oxygens (including phenoxy) is 1. The molecule has 4 aromatic carbocycles. The fourth-order valence-corrected chi connectivity index (χ4v) is 4.93. The van der Waals surface area contributed by atoms with E-state index >= 15 is 0 Å². The molecule has 0 bridgehead atoms. The number of fused-ring (bicyclic) bond motifs is 1. The monoisotopic (exact) mass is 508 g/mol. The molecule has 184 valence electrons. The van der Waals surface area contributed by atoms with Crippen LogP contribution in [0.1, 0.15) is 16.7 Å². The highest BCUT2D eigenvalue weighted by atomic mass is 32.2. The van der Waals surface area contributed by atoms with Crippen molar-refractivity contribution in [3.05, 3.63) is 113 Å². The lowest BCUT2D eigenvalue weighted by molar-refractivity contribution is -0.127. The summed E-state index contributed by atoms with van der Waals surface area (Å²) in [5.41, 5.74) is 3.47. The molecule has 6 nitrogen and oxygen atoms in total. The van der Waals surface area contributed by atoms with Gasteiger partial charge in [0.1, 0.15) is 18.9 Å². The van der Waals surface area contributed by atoms with Crippen LogP contribution in [0.15, 0.2) is 95.9 Å². The molecule has 1 N–H and O–H groups in total. The van der Waals surface area contributed by atoms with Crippen LogP contribution in [0.5, 0.6) is 5.75 Å². The SMILES string of the molecule is Cc1cccc(NC(=O)CN2C(=O)S/C(=C/c3ccc(OCc4cccc5ccccc45)cc3)C2=O)c1. The maximum atomic E-state index is 12.8. The molecule has 0 saturated carbocycles. The van der Waals surface area contributed by atoms with Gasteiger partial charge in [-0.15, -0.1) is 0 Å². The second-order valence-corrected chi connectivity index (χ2v) is 9.67. The zero-order valence-electron chi connectivity index (χ0n) is 20.1. The van der Waals surface area contributed by atoms with Gasteiger partial charge in [-0.25, -0.2) is 0 Å². The molecule has 0 radical (unpaired) electrons. The normalized spacial score (nSPS) is 14.4. The molecule has 1 heterocycles. The van der Waals surface area contributed by atoms with E-state index in [1.165, 1.54) is 5.39 Å². The Bertz CT molecular complexity index is 1520. The number of aryl methyl sites for hydroxylation is 1. The molecule has 3 amide bonds. The number of benzene rings is 4. The Morgan fingerprint density at radius 1 is 0.946 bits per heavy atom. The zero-order valence-corrected chi connectivity index (χ0v) is 21.0. The van der Waals surface area contributed by atoms with E-state index in [1.807, 2.05) is 73.7 Å². The maximum absolute atomic E-state index is 12.8. The van der Waals surface area contributed by atoms with Gasteiger partial charge in [-0.05, 0) is 76.5 Å². The van der Waals surface area contributed by atoms with Crippen molar-refractivity contribution in [3.8, 4) is 5.75 Å². The first-order valence-electron chi connectivity index (χ1n) is 11.8. The minimum Gasteiger partial charge on any atom is -0.489 e. The molecule has 4 aromatic rings. The first-order chi connectivity index (χ1) is 18.0. The summed E-state index contributed by atoms with van der Waals surface area (Å²) in [5, 5.41) is 4.58. The molecule has 7 heteroatoms. The summed E-state index contributed by atoms with van der Waals surface area (Å²) in [7, 11) is 0. The highest BCUT2D eigenvalue weighted by molar-refractivity contribution is 8.18. The van der Waals surface area contributed by atoms with Gasteiger partial charge < -0.3 is 10.1 Å². The summed E-state index contributed by atoms with van der Waals surface area (Å²) in [5.74, 6) is -0.210. The van der Waals surface area contributed by atoms with Crippen molar-refractivity contribution in [1.29, 1.82) is 0 Å². The lowest BCUT2D eigenvalue weighted by Gasteiger charge is -2.12. The number of carbonyl (C=O) groups is 3. The Morgan fingerprint density at radius 2 is 1.70 bits per heavy atom. The molecular weight excluding hydrogens is 484 g/mol. The van der Waals surface area contributed by atoms with E-state index in [1.54, 1.807) is 12.1 Å². The molecule has 1 saturated heterocycles. The van der Waals surface area contributed by atoms with E-state index in [0.29, 0.717) is 18.0 Å². The average Bonchev–Trinajstić information content (AvgIpc) is 3.15. The predicted octanol–water partition coefficient (Wildman–Crippen LogP) is 6.40. The third-order valence-electron chi connectivity index (χ3n) is 5.93. The highest BCUT2D eigenvalue weighted by Crippen LogP contribution is 2.32. The van der Waals surface area contributed by atoms with Crippen LogP contribution in [-0.2, 0) is 16.2 Å². The Balaban J connectivity index is 1.21. The third-order valence-corrected chi connectivity index (χ3v) is 6.84. The summed E-state index contributed by atoms with van der Waals surface area (Å²) >= 11 is 0.827. The molecule has 0 spiro atoms. The fraction of sp³-hybridized carbons (Fsp3) is 0.100. The fourth-order valence-electron chi connectivity index (χ4n) is 4.09. The van der Waals surface area contributed by atoms with E-state index in [4.69, 9.17) is 4.74 Å². The third kappa shape index (κ3) is 5.73. The minimum atomic E-state index is -0.481. The molecule has 0 atom stereocenters. The van der Waals surface area contributed by atoms with Crippen molar-refractivity contribution in [1.82, 2.24) is 4.90 Å². The number of nitrogens with zero attached hydrogens (tertiary/aromatic N) is 1. The molecule has 1 fully saturated rings. The first-order valence-corrected chi connectivity index (χ1v) is 12.6. The van der Waals surface area contributed by atoms with E-state index in [-0.39, 0.29) is 11.4 Å². The van der Waals surface area contributed by atoms with Crippen LogP contribution in [0.25, 0.3) is 16.8 Å². The number of anilines is 1. The van der Waals surface area contributed by atoms with Gasteiger partial charge in [0.25, 0.3) is 11.1 Å². The van der Waals surface area contributed by atoms with Crippen LogP contribution in [0.3, 0.4) is 0 Å². The molecule has 1 aliphatic rings. The topological polar surface area (TPSA) is 75.7 Å². The van der Waals surface area contributed by atoms with Crippen molar-refractivity contribution in [2.45, 2.75) is 13.5 Å². The summed E-state index contributed by atoms with van der Waals surface area (Å²) < 4.78 is 5.98. The lowest BCUT2D eigenvalue weighted by Crippen LogP contribution is -2.36. The minimum absolute atomic E-state index is 0.276. The van der Waals surface area contributed by atoms with E-state index in [2.05, 4.69) is 23.5 Å². The number of rotatable bonds is 7. The largest absolute Gasteiger partial charge is 0.489 e. The van der Waals surface area contributed by atoms with E-state index in [0.717, 1.165) is 38.7 Å². The average molecular weight is 509 g/mol. The van der Waals surface area contributed by atoms with Gasteiger partial charge in [-0.2, -0.15) is 0 Å². The molecule has 1 aliphatic heterocycles. The van der Waals surface area contributed by atoms with Crippen LogP contribution >= 0.6 is 11.8 Å². The summed E-state index contributed by atoms with van der Waals surface area (Å²) in [6.07, 6.45) is 1.65. The second-order valence-electron chi connectivity index (χ2n) is 8.68. The van der Waals surface area contributed by atoms with Crippen molar-refractivity contribution in [3.63, 3.8) is 0 Å². The number of hydrogen-bond donors (Lipinski definition) is 1. The molecular formula is C30H24N2O4S. The number of amides is 3. The zero-order chi connectivity index (χ0) is 25.8. The standard InChI is InChI=1S/C30H24N2O4S/c1-20-6-4-10-24(16-20)31-28(33)18-32-29(34)27(37-30(32)35)17-21-12-14-25(15-13-21)36-19-23-9-5-8-22-7-2-3-11-26(22)23/h2-17H,18-19H2,1H3,(H,31,33)/b27-17+. The van der Waals surface area contributed by atoms with Crippen molar-refractivity contribution in [2.24, 2.45) is 0 Å². The number of carbonyl (C=O) groups excluding carboxylic acids is 3. The van der Waals surface area contributed by atoms with Crippen molar-refractivity contribution in [2.75, 3.05) is 11.9 Å². The van der Waals surface area contributed by atoms with E-state index < -0.39 is 17.1 Å². The van der Waals surface area contributed by atoms with Crippen LogP contribution in [0.2, 0.25) is 0 Å². The summed E-state index contributed by atoms with van der Waals surface area (Å²) in [6.45, 7) is 2.02. The van der Waals surface area contributed by atoms with Gasteiger partial charge in [0, 0.05) is 5.69 Å². The van der Waals surface area contributed by atoms with Gasteiger partial charge in [0.15, 0.2) is 0 Å². The Labute approximate surface area is 218 Å². The maximum Gasteiger partial charge on any atom is 0.294 e. The summed E-state index contributed by atoms with van der Waals surface area (Å²) in [6, 6.07) is 29.0. The Hall–Kier alpha value is -4.36. The van der Waals surface area contributed by atoms with Gasteiger partial charge in [0.05, 0.1) is 4.91 Å². The smallest absolute Gasteiger partial charge is 0.294 e. The number of nitrogens with one attached hydrogen (secondary N) is 1. The molecule has 0 aliphatic carbocycles. The Morgan fingerprint density at radius 3 is 2.51 bits per heavy atom. The van der Waals surface area contributed by atoms with Crippen molar-refractivity contribution < 1.29 is 19.1 Å². The van der Waals surface area contributed by atoms with Gasteiger partial charge in [0.2, 0.25) is 5.91 Å². The van der Waals surface area contributed by atoms with Crippen LogP contribution in [-0.4, -0.2) is 28.5 Å². The molecule has 0 unspecified atom stereocenters.